The highest BCUT2D eigenvalue weighted by Gasteiger charge is 2.25. The molecule has 0 saturated carbocycles. The molecule has 0 fully saturated rings. The van der Waals surface area contributed by atoms with E-state index in [1.54, 1.807) is 19.1 Å². The minimum absolute atomic E-state index is 0.0267. The molecule has 0 saturated heterocycles. The number of anilines is 2. The second-order valence-electron chi connectivity index (χ2n) is 8.27. The zero-order valence-corrected chi connectivity index (χ0v) is 19.9. The fourth-order valence-electron chi connectivity index (χ4n) is 3.18. The van der Waals surface area contributed by atoms with Crippen LogP contribution in [0, 0.1) is 5.92 Å². The van der Waals surface area contributed by atoms with E-state index < -0.39 is 11.2 Å². The molecule has 0 unspecified atom stereocenters. The fraction of sp³-hybridized carbons (Fsp3) is 0.714. The van der Waals surface area contributed by atoms with Gasteiger partial charge in [-0.25, -0.2) is 4.79 Å². The number of methoxy groups -OCH3 is 1. The Morgan fingerprint density at radius 3 is 2.50 bits per heavy atom. The van der Waals surface area contributed by atoms with E-state index in [1.807, 2.05) is 20.8 Å². The van der Waals surface area contributed by atoms with Crippen molar-refractivity contribution in [3.63, 3.8) is 0 Å². The molecular weight excluding hydrogens is 416 g/mol. The molecule has 0 aliphatic heterocycles. The number of hydrogen-bond acceptors (Lipinski definition) is 7. The fourth-order valence-corrected chi connectivity index (χ4v) is 3.18. The highest BCUT2D eigenvalue weighted by molar-refractivity contribution is 5.97. The summed E-state index contributed by atoms with van der Waals surface area (Å²) in [5.41, 5.74) is 4.87. The monoisotopic (exact) mass is 454 g/mol. The van der Waals surface area contributed by atoms with Crippen molar-refractivity contribution < 1.29 is 14.3 Å². The molecule has 11 heteroatoms. The van der Waals surface area contributed by atoms with Gasteiger partial charge in [0.25, 0.3) is 5.56 Å². The Bertz CT molecular complexity index is 863. The van der Waals surface area contributed by atoms with E-state index in [-0.39, 0.29) is 48.9 Å². The van der Waals surface area contributed by atoms with Gasteiger partial charge in [-0.1, -0.05) is 27.2 Å². The molecule has 0 atom stereocenters. The van der Waals surface area contributed by atoms with Crippen molar-refractivity contribution in [3.05, 3.63) is 20.8 Å². The number of ether oxygens (including phenoxy) is 1. The quantitative estimate of drug-likeness (QED) is 0.336. The van der Waals surface area contributed by atoms with Gasteiger partial charge in [0.1, 0.15) is 5.82 Å². The van der Waals surface area contributed by atoms with Crippen LogP contribution in [-0.2, 0) is 20.9 Å². The number of carbonyl (C=O) groups excluding carboxylic acids is 2. The second kappa shape index (κ2) is 13.7. The predicted molar refractivity (Wildman–Crippen MR) is 125 cm³/mol. The number of nitrogens with one attached hydrogen (secondary N) is 2. The number of amides is 2. The van der Waals surface area contributed by atoms with Gasteiger partial charge in [0.2, 0.25) is 11.8 Å². The van der Waals surface area contributed by atoms with Gasteiger partial charge < -0.3 is 20.7 Å². The number of carbonyl (C=O) groups is 2. The van der Waals surface area contributed by atoms with E-state index in [9.17, 15) is 19.2 Å². The van der Waals surface area contributed by atoms with Crippen LogP contribution in [0.15, 0.2) is 9.59 Å². The van der Waals surface area contributed by atoms with Crippen LogP contribution >= 0.6 is 0 Å². The molecule has 182 valence electrons. The lowest BCUT2D eigenvalue weighted by molar-refractivity contribution is -0.123. The molecule has 1 aromatic heterocycles. The van der Waals surface area contributed by atoms with Crippen molar-refractivity contribution in [1.82, 2.24) is 19.8 Å². The van der Waals surface area contributed by atoms with Gasteiger partial charge in [-0.2, -0.15) is 0 Å². The van der Waals surface area contributed by atoms with Crippen molar-refractivity contribution in [2.45, 2.75) is 46.6 Å². The van der Waals surface area contributed by atoms with Crippen LogP contribution in [0.4, 0.5) is 11.5 Å². The number of nitrogens with zero attached hydrogens (tertiary/aromatic N) is 3. The lowest BCUT2D eigenvalue weighted by Crippen LogP contribution is -2.46. The summed E-state index contributed by atoms with van der Waals surface area (Å²) in [6.07, 6.45) is 2.15. The van der Waals surface area contributed by atoms with Crippen molar-refractivity contribution in [1.29, 1.82) is 0 Å². The molecular formula is C21H38N6O5. The third kappa shape index (κ3) is 8.46. The lowest BCUT2D eigenvalue weighted by atomic mass is 10.2. The van der Waals surface area contributed by atoms with Crippen molar-refractivity contribution in [3.8, 4) is 0 Å². The Morgan fingerprint density at radius 2 is 1.91 bits per heavy atom. The van der Waals surface area contributed by atoms with Gasteiger partial charge in [-0.15, -0.1) is 0 Å². The number of rotatable bonds is 14. The summed E-state index contributed by atoms with van der Waals surface area (Å²) < 4.78 is 6.23. The van der Waals surface area contributed by atoms with Gasteiger partial charge in [-0.3, -0.25) is 28.8 Å². The van der Waals surface area contributed by atoms with Gasteiger partial charge in [0.05, 0.1) is 13.1 Å². The summed E-state index contributed by atoms with van der Waals surface area (Å²) in [7, 11) is 3.25. The van der Waals surface area contributed by atoms with Crippen LogP contribution in [-0.4, -0.2) is 73.2 Å². The molecule has 32 heavy (non-hydrogen) atoms. The Hall–Kier alpha value is -2.66. The van der Waals surface area contributed by atoms with Crippen LogP contribution in [0.1, 0.15) is 40.0 Å². The third-order valence-corrected chi connectivity index (χ3v) is 4.73. The van der Waals surface area contributed by atoms with Gasteiger partial charge in [0, 0.05) is 33.4 Å². The number of nitrogen functional groups attached to an aromatic ring is 1. The van der Waals surface area contributed by atoms with Crippen LogP contribution in [0.25, 0.3) is 0 Å². The van der Waals surface area contributed by atoms with E-state index in [2.05, 4.69) is 10.3 Å². The first-order valence-electron chi connectivity index (χ1n) is 11.0. The molecule has 0 aliphatic carbocycles. The Labute approximate surface area is 188 Å². The van der Waals surface area contributed by atoms with Gasteiger partial charge in [0.15, 0.2) is 5.69 Å². The molecule has 2 amide bonds. The molecule has 11 nitrogen and oxygen atoms in total. The topological polar surface area (TPSA) is 143 Å². The number of hydrogen-bond donors (Lipinski definition) is 3. The maximum atomic E-state index is 13.1. The normalized spacial score (nSPS) is 11.2. The number of likely N-dealkylation sites (N-methyl/N-ethyl adjacent to an activating group) is 1. The predicted octanol–water partition coefficient (Wildman–Crippen LogP) is -0.00760. The first-order chi connectivity index (χ1) is 15.1. The number of unbranched alkanes of at least 4 members (excludes halogenated alkanes) is 1. The third-order valence-electron chi connectivity index (χ3n) is 4.73. The summed E-state index contributed by atoms with van der Waals surface area (Å²) in [4.78, 5) is 55.2. The van der Waals surface area contributed by atoms with Crippen molar-refractivity contribution >= 4 is 23.3 Å². The highest BCUT2D eigenvalue weighted by atomic mass is 16.5. The smallest absolute Gasteiger partial charge is 0.330 e. The molecule has 1 rings (SSSR count). The SMILES string of the molecule is CCCCN(C(=O)CN(C)CC(=O)NCCCOC)c1c(N)n(CC(C)C)c(=O)[nH]c1=O. The second-order valence-corrected chi connectivity index (χ2v) is 8.27. The minimum atomic E-state index is -0.699. The zero-order chi connectivity index (χ0) is 24.3. The molecule has 4 N–H and O–H groups in total. The number of aromatic amines is 1. The molecule has 0 aliphatic rings. The number of H-pyrrole nitrogens is 1. The van der Waals surface area contributed by atoms with Crippen LogP contribution in [0.2, 0.25) is 0 Å². The molecule has 1 heterocycles. The first kappa shape index (κ1) is 27.4. The van der Waals surface area contributed by atoms with Crippen LogP contribution < -0.4 is 27.2 Å². The lowest BCUT2D eigenvalue weighted by Gasteiger charge is -2.26. The summed E-state index contributed by atoms with van der Waals surface area (Å²) in [5.74, 6) is -0.503. The number of nitrogens with two attached hydrogens (primary N) is 1. The summed E-state index contributed by atoms with van der Waals surface area (Å²) >= 11 is 0. The van der Waals surface area contributed by atoms with E-state index in [4.69, 9.17) is 10.5 Å². The molecule has 1 aromatic rings. The van der Waals surface area contributed by atoms with Gasteiger partial charge in [-0.05, 0) is 25.8 Å². The van der Waals surface area contributed by atoms with Crippen LogP contribution in [0.3, 0.4) is 0 Å². The molecule has 0 aromatic carbocycles. The van der Waals surface area contributed by atoms with Gasteiger partial charge >= 0.3 is 5.69 Å². The maximum Gasteiger partial charge on any atom is 0.330 e. The summed E-state index contributed by atoms with van der Waals surface area (Å²) in [5, 5.41) is 2.77. The zero-order valence-electron chi connectivity index (χ0n) is 19.9. The van der Waals surface area contributed by atoms with E-state index in [1.165, 1.54) is 9.47 Å². The average molecular weight is 455 g/mol. The van der Waals surface area contributed by atoms with E-state index in [0.717, 1.165) is 6.42 Å². The summed E-state index contributed by atoms with van der Waals surface area (Å²) in [6, 6.07) is 0. The largest absolute Gasteiger partial charge is 0.385 e. The Morgan fingerprint density at radius 1 is 1.22 bits per heavy atom. The summed E-state index contributed by atoms with van der Waals surface area (Å²) in [6.45, 7) is 7.38. The average Bonchev–Trinajstić information content (AvgIpc) is 2.70. The highest BCUT2D eigenvalue weighted by Crippen LogP contribution is 2.18. The van der Waals surface area contributed by atoms with Crippen molar-refractivity contribution in [2.24, 2.45) is 5.92 Å². The first-order valence-corrected chi connectivity index (χ1v) is 11.0. The molecule has 0 radical (unpaired) electrons. The maximum absolute atomic E-state index is 13.1. The molecule has 0 bridgehead atoms. The molecule has 0 spiro atoms. The Kier molecular flexibility index (Phi) is 11.7. The van der Waals surface area contributed by atoms with Crippen LogP contribution in [0.5, 0.6) is 0 Å². The standard InChI is InChI=1S/C21H38N6O5/c1-6-7-10-26(17(29)14-25(4)13-16(28)23-9-8-11-32-5)18-19(22)27(12-15(2)3)21(31)24-20(18)30/h15H,6-14,22H2,1-5H3,(H,23,28)(H,24,30,31). The Balaban J connectivity index is 3.03. The van der Waals surface area contributed by atoms with E-state index in [0.29, 0.717) is 32.5 Å². The minimum Gasteiger partial charge on any atom is -0.385 e. The van der Waals surface area contributed by atoms with Crippen molar-refractivity contribution in [2.75, 3.05) is 57.6 Å². The number of aromatic nitrogens is 2. The van der Waals surface area contributed by atoms with E-state index >= 15 is 0 Å².